The Labute approximate surface area is 113 Å². The van der Waals surface area contributed by atoms with E-state index in [1.807, 2.05) is 0 Å². The Hall–Kier alpha value is -2.20. The minimum absolute atomic E-state index is 0.146. The van der Waals surface area contributed by atoms with Gasteiger partial charge in [0, 0.05) is 10.6 Å². The number of benzene rings is 2. The average molecular weight is 275 g/mol. The number of aromatic nitrogens is 2. The van der Waals surface area contributed by atoms with E-state index in [1.54, 1.807) is 42.5 Å². The third kappa shape index (κ3) is 2.35. The quantitative estimate of drug-likeness (QED) is 0.703. The van der Waals surface area contributed by atoms with E-state index in [0.717, 1.165) is 0 Å². The Morgan fingerprint density at radius 3 is 2.53 bits per heavy atom. The molecular weight excluding hydrogens is 267 g/mol. The summed E-state index contributed by atoms with van der Waals surface area (Å²) < 4.78 is 19.1. The zero-order valence-electron chi connectivity index (χ0n) is 9.68. The van der Waals surface area contributed by atoms with E-state index in [1.165, 1.54) is 6.07 Å². The molecule has 2 aromatic carbocycles. The van der Waals surface area contributed by atoms with Crippen molar-refractivity contribution < 1.29 is 8.81 Å². The molecule has 0 N–H and O–H groups in total. The molecule has 3 aromatic rings. The van der Waals surface area contributed by atoms with E-state index >= 15 is 0 Å². The zero-order chi connectivity index (χ0) is 13.2. The molecule has 0 atom stereocenters. The normalized spacial score (nSPS) is 10.6. The topological polar surface area (TPSA) is 38.9 Å². The van der Waals surface area contributed by atoms with Gasteiger partial charge in [-0.2, -0.15) is 0 Å². The molecule has 1 heterocycles. The molecule has 3 nitrogen and oxygen atoms in total. The van der Waals surface area contributed by atoms with Gasteiger partial charge in [0.05, 0.1) is 5.56 Å². The highest BCUT2D eigenvalue weighted by molar-refractivity contribution is 6.30. The van der Waals surface area contributed by atoms with Crippen LogP contribution in [0.5, 0.6) is 0 Å². The summed E-state index contributed by atoms with van der Waals surface area (Å²) in [7, 11) is 0. The molecule has 3 rings (SSSR count). The Morgan fingerprint density at radius 1 is 0.947 bits per heavy atom. The van der Waals surface area contributed by atoms with Crippen LogP contribution in [0.15, 0.2) is 52.9 Å². The summed E-state index contributed by atoms with van der Waals surface area (Å²) in [5.41, 5.74) is 0.978. The predicted octanol–water partition coefficient (Wildman–Crippen LogP) is 4.20. The largest absolute Gasteiger partial charge is 0.416 e. The summed E-state index contributed by atoms with van der Waals surface area (Å²) in [6, 6.07) is 13.3. The first-order valence-electron chi connectivity index (χ1n) is 5.58. The van der Waals surface area contributed by atoms with E-state index in [-0.39, 0.29) is 11.5 Å². The lowest BCUT2D eigenvalue weighted by atomic mass is 10.2. The maximum atomic E-state index is 13.6. The molecule has 0 radical (unpaired) electrons. The minimum atomic E-state index is -0.399. The Balaban J connectivity index is 2.03. The van der Waals surface area contributed by atoms with Gasteiger partial charge in [0.2, 0.25) is 5.89 Å². The van der Waals surface area contributed by atoms with Gasteiger partial charge in [0.15, 0.2) is 0 Å². The predicted molar refractivity (Wildman–Crippen MR) is 70.1 cm³/mol. The van der Waals surface area contributed by atoms with Crippen molar-refractivity contribution in [3.05, 3.63) is 59.4 Å². The highest BCUT2D eigenvalue weighted by Gasteiger charge is 2.13. The molecule has 0 aliphatic rings. The molecule has 0 spiro atoms. The summed E-state index contributed by atoms with van der Waals surface area (Å²) in [5, 5.41) is 8.33. The first kappa shape index (κ1) is 11.9. The smallest absolute Gasteiger partial charge is 0.251 e. The van der Waals surface area contributed by atoms with Gasteiger partial charge >= 0.3 is 0 Å². The van der Waals surface area contributed by atoms with Gasteiger partial charge in [-0.05, 0) is 30.3 Å². The van der Waals surface area contributed by atoms with Crippen molar-refractivity contribution in [2.45, 2.75) is 0 Å². The van der Waals surface area contributed by atoms with Crippen molar-refractivity contribution in [1.29, 1.82) is 0 Å². The monoisotopic (exact) mass is 274 g/mol. The Kier molecular flexibility index (Phi) is 3.01. The Morgan fingerprint density at radius 2 is 1.74 bits per heavy atom. The Bertz CT molecular complexity index is 727. The fourth-order valence-corrected chi connectivity index (χ4v) is 1.90. The lowest BCUT2D eigenvalue weighted by Crippen LogP contribution is -1.82. The average Bonchev–Trinajstić information content (AvgIpc) is 2.89. The molecule has 0 bridgehead atoms. The van der Waals surface area contributed by atoms with Crippen molar-refractivity contribution in [1.82, 2.24) is 10.2 Å². The number of halogens is 2. The lowest BCUT2D eigenvalue weighted by Gasteiger charge is -1.96. The molecule has 19 heavy (non-hydrogen) atoms. The van der Waals surface area contributed by atoms with Crippen LogP contribution in [-0.4, -0.2) is 10.2 Å². The first-order valence-corrected chi connectivity index (χ1v) is 5.96. The lowest BCUT2D eigenvalue weighted by molar-refractivity contribution is 0.570. The zero-order valence-corrected chi connectivity index (χ0v) is 10.4. The maximum absolute atomic E-state index is 13.6. The van der Waals surface area contributed by atoms with Gasteiger partial charge in [-0.3, -0.25) is 0 Å². The summed E-state index contributed by atoms with van der Waals surface area (Å²) >= 11 is 5.89. The van der Waals surface area contributed by atoms with Crippen molar-refractivity contribution in [2.24, 2.45) is 0 Å². The van der Waals surface area contributed by atoms with Crippen LogP contribution in [0.4, 0.5) is 4.39 Å². The van der Waals surface area contributed by atoms with Crippen LogP contribution >= 0.6 is 11.6 Å². The van der Waals surface area contributed by atoms with Crippen molar-refractivity contribution in [3.63, 3.8) is 0 Å². The fraction of sp³-hybridized carbons (Fsp3) is 0. The van der Waals surface area contributed by atoms with Crippen LogP contribution < -0.4 is 0 Å². The second kappa shape index (κ2) is 4.82. The molecule has 0 unspecified atom stereocenters. The molecule has 0 saturated carbocycles. The van der Waals surface area contributed by atoms with Crippen molar-refractivity contribution >= 4 is 11.6 Å². The van der Waals surface area contributed by atoms with E-state index in [0.29, 0.717) is 16.5 Å². The van der Waals surface area contributed by atoms with Crippen molar-refractivity contribution in [3.8, 4) is 22.9 Å². The van der Waals surface area contributed by atoms with Crippen LogP contribution in [0, 0.1) is 5.82 Å². The number of nitrogens with zero attached hydrogens (tertiary/aromatic N) is 2. The highest BCUT2D eigenvalue weighted by Crippen LogP contribution is 2.26. The number of hydrogen-bond donors (Lipinski definition) is 0. The molecule has 0 saturated heterocycles. The van der Waals surface area contributed by atoms with Gasteiger partial charge in [-0.25, -0.2) is 4.39 Å². The highest BCUT2D eigenvalue weighted by atomic mass is 35.5. The molecule has 0 fully saturated rings. The molecular formula is C14H8ClFN2O. The molecule has 5 heteroatoms. The van der Waals surface area contributed by atoms with Gasteiger partial charge < -0.3 is 4.42 Å². The SMILES string of the molecule is Fc1ccccc1-c1nnc(-c2cccc(Cl)c2)o1. The molecule has 0 amide bonds. The molecule has 1 aromatic heterocycles. The maximum Gasteiger partial charge on any atom is 0.251 e. The number of rotatable bonds is 2. The minimum Gasteiger partial charge on any atom is -0.416 e. The van der Waals surface area contributed by atoms with Gasteiger partial charge in [-0.15, -0.1) is 10.2 Å². The van der Waals surface area contributed by atoms with Crippen LogP contribution in [0.2, 0.25) is 5.02 Å². The van der Waals surface area contributed by atoms with Crippen LogP contribution in [-0.2, 0) is 0 Å². The second-order valence-corrected chi connectivity index (χ2v) is 4.34. The molecule has 0 aliphatic heterocycles. The summed E-state index contributed by atoms with van der Waals surface area (Å²) in [6.07, 6.45) is 0. The van der Waals surface area contributed by atoms with Crippen LogP contribution in [0.1, 0.15) is 0 Å². The molecule has 94 valence electrons. The third-order valence-corrected chi connectivity index (χ3v) is 2.84. The van der Waals surface area contributed by atoms with Gasteiger partial charge in [-0.1, -0.05) is 29.8 Å². The summed E-state index contributed by atoms with van der Waals surface area (Å²) in [4.78, 5) is 0. The summed E-state index contributed by atoms with van der Waals surface area (Å²) in [6.45, 7) is 0. The fourth-order valence-electron chi connectivity index (χ4n) is 1.70. The first-order chi connectivity index (χ1) is 9.24. The number of hydrogen-bond acceptors (Lipinski definition) is 3. The standard InChI is InChI=1S/C14H8ClFN2O/c15-10-5-3-4-9(8-10)13-17-18-14(19-13)11-6-1-2-7-12(11)16/h1-8H. The summed E-state index contributed by atoms with van der Waals surface area (Å²) in [5.74, 6) is 0.0534. The molecule has 0 aliphatic carbocycles. The van der Waals surface area contributed by atoms with Gasteiger partial charge in [0.1, 0.15) is 5.82 Å². The van der Waals surface area contributed by atoms with Gasteiger partial charge in [0.25, 0.3) is 5.89 Å². The second-order valence-electron chi connectivity index (χ2n) is 3.90. The van der Waals surface area contributed by atoms with E-state index in [9.17, 15) is 4.39 Å². The van der Waals surface area contributed by atoms with E-state index in [2.05, 4.69) is 10.2 Å². The van der Waals surface area contributed by atoms with Crippen LogP contribution in [0.3, 0.4) is 0 Å². The van der Waals surface area contributed by atoms with Crippen molar-refractivity contribution in [2.75, 3.05) is 0 Å². The third-order valence-electron chi connectivity index (χ3n) is 2.60. The van der Waals surface area contributed by atoms with E-state index < -0.39 is 5.82 Å². The van der Waals surface area contributed by atoms with E-state index in [4.69, 9.17) is 16.0 Å². The van der Waals surface area contributed by atoms with Crippen LogP contribution in [0.25, 0.3) is 22.9 Å².